The van der Waals surface area contributed by atoms with Gasteiger partial charge in [-0.05, 0) is 54.5 Å². The van der Waals surface area contributed by atoms with Crippen LogP contribution < -0.4 is 4.74 Å². The Kier molecular flexibility index (Phi) is 6.81. The predicted molar refractivity (Wildman–Crippen MR) is 102 cm³/mol. The third kappa shape index (κ3) is 5.06. The number of rotatable bonds is 7. The summed E-state index contributed by atoms with van der Waals surface area (Å²) in [5.41, 5.74) is 0.543. The van der Waals surface area contributed by atoms with E-state index in [1.807, 2.05) is 0 Å². The molecule has 1 aliphatic carbocycles. The van der Waals surface area contributed by atoms with E-state index in [1.54, 1.807) is 0 Å². The van der Waals surface area contributed by atoms with Crippen molar-refractivity contribution >= 4 is 0 Å². The smallest absolute Gasteiger partial charge is 0.201 e. The SMILES string of the molecule is CCCC[C@H]1CC[C@H](COc2ccc(-c3ccc(F)cc3)c(F)c2F)CC1. The molecule has 0 radical (unpaired) electrons. The van der Waals surface area contributed by atoms with Gasteiger partial charge in [0.1, 0.15) is 5.82 Å². The average Bonchev–Trinajstić information content (AvgIpc) is 2.69. The van der Waals surface area contributed by atoms with Gasteiger partial charge in [-0.3, -0.25) is 0 Å². The highest BCUT2D eigenvalue weighted by molar-refractivity contribution is 5.65. The van der Waals surface area contributed by atoms with Gasteiger partial charge in [-0.2, -0.15) is 4.39 Å². The van der Waals surface area contributed by atoms with Crippen LogP contribution in [0.1, 0.15) is 51.9 Å². The molecule has 0 N–H and O–H groups in total. The maximum atomic E-state index is 14.4. The highest BCUT2D eigenvalue weighted by atomic mass is 19.2. The fourth-order valence-corrected chi connectivity index (χ4v) is 3.88. The quantitative estimate of drug-likeness (QED) is 0.499. The van der Waals surface area contributed by atoms with Gasteiger partial charge in [0.05, 0.1) is 6.61 Å². The summed E-state index contributed by atoms with van der Waals surface area (Å²) in [6, 6.07) is 8.28. The normalized spacial score (nSPS) is 19.9. The summed E-state index contributed by atoms with van der Waals surface area (Å²) in [5.74, 6) is -1.18. The van der Waals surface area contributed by atoms with Crippen LogP contribution in [0.2, 0.25) is 0 Å². The van der Waals surface area contributed by atoms with Crippen LogP contribution in [-0.4, -0.2) is 6.61 Å². The van der Waals surface area contributed by atoms with Crippen LogP contribution in [-0.2, 0) is 0 Å². The van der Waals surface area contributed by atoms with Crippen molar-refractivity contribution in [2.75, 3.05) is 6.61 Å². The van der Waals surface area contributed by atoms with Crippen molar-refractivity contribution in [1.82, 2.24) is 0 Å². The molecule has 0 amide bonds. The molecule has 0 unspecified atom stereocenters. The van der Waals surface area contributed by atoms with E-state index in [-0.39, 0.29) is 11.3 Å². The van der Waals surface area contributed by atoms with Crippen LogP contribution in [0.4, 0.5) is 13.2 Å². The van der Waals surface area contributed by atoms with Crippen molar-refractivity contribution < 1.29 is 17.9 Å². The van der Waals surface area contributed by atoms with Crippen molar-refractivity contribution in [1.29, 1.82) is 0 Å². The van der Waals surface area contributed by atoms with E-state index < -0.39 is 17.5 Å². The molecule has 0 aromatic heterocycles. The van der Waals surface area contributed by atoms with E-state index in [0.717, 1.165) is 18.8 Å². The Labute approximate surface area is 159 Å². The Morgan fingerprint density at radius 1 is 0.852 bits per heavy atom. The molecule has 2 aromatic carbocycles. The Balaban J connectivity index is 1.58. The lowest BCUT2D eigenvalue weighted by atomic mass is 9.80. The Bertz CT molecular complexity index is 734. The zero-order valence-corrected chi connectivity index (χ0v) is 15.8. The monoisotopic (exact) mass is 376 g/mol. The first-order chi connectivity index (χ1) is 13.1. The number of halogens is 3. The van der Waals surface area contributed by atoms with Crippen LogP contribution in [0.3, 0.4) is 0 Å². The number of hydrogen-bond donors (Lipinski definition) is 0. The molecule has 0 aliphatic heterocycles. The van der Waals surface area contributed by atoms with Crippen LogP contribution in [0, 0.1) is 29.3 Å². The lowest BCUT2D eigenvalue weighted by molar-refractivity contribution is 0.173. The van der Waals surface area contributed by atoms with Gasteiger partial charge >= 0.3 is 0 Å². The van der Waals surface area contributed by atoms with Gasteiger partial charge in [0, 0.05) is 5.56 Å². The van der Waals surface area contributed by atoms with Crippen LogP contribution in [0.25, 0.3) is 11.1 Å². The molecule has 1 nitrogen and oxygen atoms in total. The first-order valence-electron chi connectivity index (χ1n) is 9.95. The zero-order valence-electron chi connectivity index (χ0n) is 15.8. The summed E-state index contributed by atoms with van der Waals surface area (Å²) in [5, 5.41) is 0. The molecular formula is C23H27F3O. The molecule has 3 rings (SSSR count). The van der Waals surface area contributed by atoms with Crippen LogP contribution in [0.5, 0.6) is 5.75 Å². The van der Waals surface area contributed by atoms with E-state index in [4.69, 9.17) is 4.74 Å². The zero-order chi connectivity index (χ0) is 19.2. The third-order valence-corrected chi connectivity index (χ3v) is 5.61. The lowest BCUT2D eigenvalue weighted by Crippen LogP contribution is -2.20. The van der Waals surface area contributed by atoms with E-state index in [9.17, 15) is 13.2 Å². The molecular weight excluding hydrogens is 349 g/mol. The molecule has 1 saturated carbocycles. The van der Waals surface area contributed by atoms with E-state index in [1.165, 1.54) is 68.5 Å². The van der Waals surface area contributed by atoms with Gasteiger partial charge in [0.25, 0.3) is 0 Å². The Morgan fingerprint density at radius 2 is 1.52 bits per heavy atom. The number of hydrogen-bond acceptors (Lipinski definition) is 1. The maximum Gasteiger partial charge on any atom is 0.201 e. The molecule has 0 heterocycles. The maximum absolute atomic E-state index is 14.4. The van der Waals surface area contributed by atoms with Gasteiger partial charge in [0.15, 0.2) is 11.6 Å². The van der Waals surface area contributed by atoms with Crippen molar-refractivity contribution in [2.45, 2.75) is 51.9 Å². The summed E-state index contributed by atoms with van der Waals surface area (Å²) in [6.07, 6.45) is 8.41. The van der Waals surface area contributed by atoms with Crippen molar-refractivity contribution in [3.63, 3.8) is 0 Å². The van der Waals surface area contributed by atoms with Gasteiger partial charge in [-0.1, -0.05) is 51.2 Å². The third-order valence-electron chi connectivity index (χ3n) is 5.61. The molecule has 0 saturated heterocycles. The van der Waals surface area contributed by atoms with Crippen LogP contribution in [0.15, 0.2) is 36.4 Å². The molecule has 1 aliphatic rings. The summed E-state index contributed by atoms with van der Waals surface area (Å²) in [4.78, 5) is 0. The minimum atomic E-state index is -0.978. The molecule has 2 aromatic rings. The molecule has 4 heteroatoms. The minimum Gasteiger partial charge on any atom is -0.490 e. The van der Waals surface area contributed by atoms with Gasteiger partial charge < -0.3 is 4.74 Å². The number of benzene rings is 2. The van der Waals surface area contributed by atoms with Crippen molar-refractivity contribution in [2.24, 2.45) is 11.8 Å². The first kappa shape index (κ1) is 19.8. The molecule has 27 heavy (non-hydrogen) atoms. The number of unbranched alkanes of at least 4 members (excludes halogenated alkanes) is 1. The van der Waals surface area contributed by atoms with E-state index >= 15 is 0 Å². The standard InChI is InChI=1S/C23H27F3O/c1-2-3-4-16-5-7-17(8-6-16)15-27-21-14-13-20(22(25)23(21)26)18-9-11-19(24)12-10-18/h9-14,16-17H,2-8,15H2,1H3/t16-,17-. The molecule has 1 fully saturated rings. The van der Waals surface area contributed by atoms with Gasteiger partial charge in [-0.25, -0.2) is 8.78 Å². The van der Waals surface area contributed by atoms with Gasteiger partial charge in [0.2, 0.25) is 5.82 Å². The second-order valence-electron chi connectivity index (χ2n) is 7.59. The second-order valence-corrected chi connectivity index (χ2v) is 7.59. The summed E-state index contributed by atoms with van der Waals surface area (Å²) < 4.78 is 47.5. The second kappa shape index (κ2) is 9.29. The first-order valence-corrected chi connectivity index (χ1v) is 9.95. The Hall–Kier alpha value is -1.97. The summed E-state index contributed by atoms with van der Waals surface area (Å²) in [7, 11) is 0. The van der Waals surface area contributed by atoms with Gasteiger partial charge in [-0.15, -0.1) is 0 Å². The number of ether oxygens (including phenoxy) is 1. The molecule has 0 spiro atoms. The molecule has 0 bridgehead atoms. The highest BCUT2D eigenvalue weighted by Crippen LogP contribution is 2.34. The Morgan fingerprint density at radius 3 is 2.19 bits per heavy atom. The molecule has 0 atom stereocenters. The largest absolute Gasteiger partial charge is 0.490 e. The van der Waals surface area contributed by atoms with E-state index in [0.29, 0.717) is 18.1 Å². The highest BCUT2D eigenvalue weighted by Gasteiger charge is 2.22. The topological polar surface area (TPSA) is 9.23 Å². The van der Waals surface area contributed by atoms with Crippen molar-refractivity contribution in [3.05, 3.63) is 53.8 Å². The fraction of sp³-hybridized carbons (Fsp3) is 0.478. The predicted octanol–water partition coefficient (Wildman–Crippen LogP) is 7.15. The van der Waals surface area contributed by atoms with E-state index in [2.05, 4.69) is 6.92 Å². The van der Waals surface area contributed by atoms with Crippen molar-refractivity contribution in [3.8, 4) is 16.9 Å². The fourth-order valence-electron chi connectivity index (χ4n) is 3.88. The average molecular weight is 376 g/mol. The molecule has 146 valence electrons. The van der Waals surface area contributed by atoms with Crippen LogP contribution >= 0.6 is 0 Å². The summed E-state index contributed by atoms with van der Waals surface area (Å²) in [6.45, 7) is 2.64. The minimum absolute atomic E-state index is 0.0496. The lowest BCUT2D eigenvalue weighted by Gasteiger charge is -2.28. The summed E-state index contributed by atoms with van der Waals surface area (Å²) >= 11 is 0.